The fourth-order valence-electron chi connectivity index (χ4n) is 0.933. The Morgan fingerprint density at radius 3 is 2.08 bits per heavy atom. The molecule has 0 saturated heterocycles. The van der Waals surface area contributed by atoms with E-state index >= 15 is 0 Å². The van der Waals surface area contributed by atoms with Gasteiger partial charge in [0.2, 0.25) is 0 Å². The molecule has 0 heteroatoms. The maximum atomic E-state index is 2.20. The van der Waals surface area contributed by atoms with Gasteiger partial charge in [-0.2, -0.15) is 0 Å². The van der Waals surface area contributed by atoms with Crippen LogP contribution < -0.4 is 0 Å². The van der Waals surface area contributed by atoms with Gasteiger partial charge in [-0.15, -0.1) is 0 Å². The Morgan fingerprint density at radius 2 is 1.67 bits per heavy atom. The van der Waals surface area contributed by atoms with Gasteiger partial charge in [0.15, 0.2) is 0 Å². The highest BCUT2D eigenvalue weighted by atomic mass is 13.9. The molecular formula is C12H20. The second-order valence-electron chi connectivity index (χ2n) is 3.76. The van der Waals surface area contributed by atoms with Gasteiger partial charge >= 0.3 is 0 Å². The molecule has 12 heavy (non-hydrogen) atoms. The summed E-state index contributed by atoms with van der Waals surface area (Å²) in [5.41, 5.74) is 2.66. The number of hydrogen-bond acceptors (Lipinski definition) is 0. The molecule has 0 radical (unpaired) electrons. The molecule has 0 aromatic carbocycles. The average molecular weight is 164 g/mol. The van der Waals surface area contributed by atoms with E-state index in [9.17, 15) is 0 Å². The molecular weight excluding hydrogens is 144 g/mol. The van der Waals surface area contributed by atoms with Crippen molar-refractivity contribution in [3.05, 3.63) is 35.5 Å². The molecule has 68 valence electrons. The zero-order valence-corrected chi connectivity index (χ0v) is 8.89. The predicted octanol–water partition coefficient (Wildman–Crippen LogP) is 4.11. The summed E-state index contributed by atoms with van der Waals surface area (Å²) in [5.74, 6) is 0.640. The van der Waals surface area contributed by atoms with E-state index in [-0.39, 0.29) is 0 Å². The first-order valence-electron chi connectivity index (χ1n) is 4.52. The van der Waals surface area contributed by atoms with E-state index in [0.717, 1.165) is 0 Å². The summed E-state index contributed by atoms with van der Waals surface area (Å²) in [5, 5.41) is 0. The third kappa shape index (κ3) is 7.33. The van der Waals surface area contributed by atoms with Gasteiger partial charge in [-0.25, -0.2) is 0 Å². The molecule has 0 heterocycles. The Hall–Kier alpha value is -0.780. The SMILES string of the molecule is CC(C)=C/C(C)=C/C=C/C(C)C. The molecule has 0 spiro atoms. The van der Waals surface area contributed by atoms with E-state index in [1.807, 2.05) is 0 Å². The lowest BCUT2D eigenvalue weighted by Crippen LogP contribution is -1.76. The molecule has 0 atom stereocenters. The minimum atomic E-state index is 0.640. The van der Waals surface area contributed by atoms with Crippen molar-refractivity contribution in [2.45, 2.75) is 34.6 Å². The molecule has 0 fully saturated rings. The van der Waals surface area contributed by atoms with Gasteiger partial charge in [0.1, 0.15) is 0 Å². The number of rotatable bonds is 3. The van der Waals surface area contributed by atoms with Crippen molar-refractivity contribution in [1.82, 2.24) is 0 Å². The molecule has 0 saturated carbocycles. The van der Waals surface area contributed by atoms with Gasteiger partial charge in [-0.3, -0.25) is 0 Å². The van der Waals surface area contributed by atoms with Gasteiger partial charge in [-0.05, 0) is 26.7 Å². The van der Waals surface area contributed by atoms with Crippen LogP contribution >= 0.6 is 0 Å². The molecule has 0 rings (SSSR count). The highest BCUT2D eigenvalue weighted by molar-refractivity contribution is 5.24. The van der Waals surface area contributed by atoms with Crippen LogP contribution in [0.15, 0.2) is 35.5 Å². The minimum absolute atomic E-state index is 0.640. The zero-order chi connectivity index (χ0) is 9.56. The van der Waals surface area contributed by atoms with Crippen molar-refractivity contribution in [3.63, 3.8) is 0 Å². The van der Waals surface area contributed by atoms with Crippen molar-refractivity contribution < 1.29 is 0 Å². The molecule has 0 bridgehead atoms. The molecule has 0 aliphatic rings. The topological polar surface area (TPSA) is 0 Å². The quantitative estimate of drug-likeness (QED) is 0.551. The Morgan fingerprint density at radius 1 is 1.08 bits per heavy atom. The van der Waals surface area contributed by atoms with Crippen LogP contribution in [-0.4, -0.2) is 0 Å². The van der Waals surface area contributed by atoms with Gasteiger partial charge < -0.3 is 0 Å². The summed E-state index contributed by atoms with van der Waals surface area (Å²) >= 11 is 0. The summed E-state index contributed by atoms with van der Waals surface area (Å²) in [6.45, 7) is 10.7. The second kappa shape index (κ2) is 5.82. The van der Waals surface area contributed by atoms with Crippen LogP contribution in [0.2, 0.25) is 0 Å². The first-order chi connectivity index (χ1) is 5.52. The van der Waals surface area contributed by atoms with Crippen molar-refractivity contribution in [3.8, 4) is 0 Å². The fourth-order valence-corrected chi connectivity index (χ4v) is 0.933. The maximum Gasteiger partial charge on any atom is -0.0287 e. The highest BCUT2D eigenvalue weighted by Crippen LogP contribution is 2.01. The molecule has 0 unspecified atom stereocenters. The summed E-state index contributed by atoms with van der Waals surface area (Å²) in [6.07, 6.45) is 8.65. The summed E-state index contributed by atoms with van der Waals surface area (Å²) in [4.78, 5) is 0. The monoisotopic (exact) mass is 164 g/mol. The Labute approximate surface area is 76.7 Å². The molecule has 0 aliphatic heterocycles. The van der Waals surface area contributed by atoms with Crippen LogP contribution in [0.4, 0.5) is 0 Å². The van der Waals surface area contributed by atoms with E-state index in [4.69, 9.17) is 0 Å². The molecule has 0 nitrogen and oxygen atoms in total. The van der Waals surface area contributed by atoms with Crippen LogP contribution in [0.5, 0.6) is 0 Å². The van der Waals surface area contributed by atoms with Crippen LogP contribution in [0.1, 0.15) is 34.6 Å². The van der Waals surface area contributed by atoms with Crippen LogP contribution in [0, 0.1) is 5.92 Å². The van der Waals surface area contributed by atoms with E-state index < -0.39 is 0 Å². The van der Waals surface area contributed by atoms with Crippen molar-refractivity contribution in [2.75, 3.05) is 0 Å². The first-order valence-corrected chi connectivity index (χ1v) is 4.52. The van der Waals surface area contributed by atoms with Crippen LogP contribution in [-0.2, 0) is 0 Å². The number of hydrogen-bond donors (Lipinski definition) is 0. The third-order valence-corrected chi connectivity index (χ3v) is 1.37. The van der Waals surface area contributed by atoms with E-state index in [2.05, 4.69) is 58.9 Å². The minimum Gasteiger partial charge on any atom is -0.0820 e. The highest BCUT2D eigenvalue weighted by Gasteiger charge is 1.82. The fraction of sp³-hybridized carbons (Fsp3) is 0.500. The summed E-state index contributed by atoms with van der Waals surface area (Å²) in [6, 6.07) is 0. The molecule has 0 aromatic heterocycles. The summed E-state index contributed by atoms with van der Waals surface area (Å²) < 4.78 is 0. The second-order valence-corrected chi connectivity index (χ2v) is 3.76. The normalized spacial score (nSPS) is 12.7. The lowest BCUT2D eigenvalue weighted by molar-refractivity contribution is 0.832. The van der Waals surface area contributed by atoms with E-state index in [1.54, 1.807) is 0 Å². The van der Waals surface area contributed by atoms with Crippen molar-refractivity contribution >= 4 is 0 Å². The van der Waals surface area contributed by atoms with Gasteiger partial charge in [0.05, 0.1) is 0 Å². The van der Waals surface area contributed by atoms with Crippen LogP contribution in [0.3, 0.4) is 0 Å². The van der Waals surface area contributed by atoms with Gasteiger partial charge in [0, 0.05) is 0 Å². The predicted molar refractivity (Wildman–Crippen MR) is 57.2 cm³/mol. The Bertz CT molecular complexity index is 198. The molecule has 0 N–H and O–H groups in total. The maximum absolute atomic E-state index is 2.20. The van der Waals surface area contributed by atoms with Gasteiger partial charge in [-0.1, -0.05) is 49.3 Å². The van der Waals surface area contributed by atoms with E-state index in [0.29, 0.717) is 5.92 Å². The Balaban J connectivity index is 4.10. The number of allylic oxidation sites excluding steroid dienone is 6. The largest absolute Gasteiger partial charge is 0.0820 e. The summed E-state index contributed by atoms with van der Waals surface area (Å²) in [7, 11) is 0. The zero-order valence-electron chi connectivity index (χ0n) is 8.89. The molecule has 0 aliphatic carbocycles. The van der Waals surface area contributed by atoms with Crippen molar-refractivity contribution in [2.24, 2.45) is 5.92 Å². The smallest absolute Gasteiger partial charge is 0.0287 e. The molecule has 0 aromatic rings. The third-order valence-electron chi connectivity index (χ3n) is 1.37. The van der Waals surface area contributed by atoms with Crippen LogP contribution in [0.25, 0.3) is 0 Å². The van der Waals surface area contributed by atoms with E-state index in [1.165, 1.54) is 11.1 Å². The molecule has 0 amide bonds. The lowest BCUT2D eigenvalue weighted by Gasteiger charge is -1.93. The Kier molecular flexibility index (Phi) is 5.44. The lowest BCUT2D eigenvalue weighted by atomic mass is 10.1. The van der Waals surface area contributed by atoms with Crippen molar-refractivity contribution in [1.29, 1.82) is 0 Å². The first kappa shape index (κ1) is 11.2. The standard InChI is InChI=1S/C12H20/c1-10(2)7-6-8-12(5)9-11(3)4/h6-10H,1-5H3/b7-6+,12-8+. The van der Waals surface area contributed by atoms with Gasteiger partial charge in [0.25, 0.3) is 0 Å². The average Bonchev–Trinajstić information content (AvgIpc) is 1.84.